The Balaban J connectivity index is 1.93. The van der Waals surface area contributed by atoms with Crippen molar-refractivity contribution in [2.45, 2.75) is 57.4 Å². The van der Waals surface area contributed by atoms with Crippen molar-refractivity contribution in [3.8, 4) is 5.75 Å². The van der Waals surface area contributed by atoms with E-state index in [0.29, 0.717) is 6.04 Å². The summed E-state index contributed by atoms with van der Waals surface area (Å²) >= 11 is 3.58. The van der Waals surface area contributed by atoms with Crippen molar-refractivity contribution in [1.82, 2.24) is 5.32 Å². The smallest absolute Gasteiger partial charge is 0.133 e. The Bertz CT molecular complexity index is 427. The average Bonchev–Trinajstić information content (AvgIpc) is 2.75. The zero-order valence-corrected chi connectivity index (χ0v) is 14.9. The number of ether oxygens (including phenoxy) is 1. The molecule has 0 aliphatic heterocycles. The molecule has 3 heteroatoms. The van der Waals surface area contributed by atoms with Crippen LogP contribution in [0.5, 0.6) is 5.75 Å². The lowest BCUT2D eigenvalue weighted by Gasteiger charge is -2.22. The van der Waals surface area contributed by atoms with Crippen LogP contribution in [0.2, 0.25) is 0 Å². The van der Waals surface area contributed by atoms with Gasteiger partial charge in [-0.25, -0.2) is 0 Å². The lowest BCUT2D eigenvalue weighted by Crippen LogP contribution is -2.30. The summed E-state index contributed by atoms with van der Waals surface area (Å²) in [6.45, 7) is 0. The summed E-state index contributed by atoms with van der Waals surface area (Å²) in [6.07, 6.45) is 11.0. The lowest BCUT2D eigenvalue weighted by atomic mass is 9.90. The number of rotatable bonds is 6. The van der Waals surface area contributed by atoms with Crippen molar-refractivity contribution >= 4 is 15.9 Å². The summed E-state index contributed by atoms with van der Waals surface area (Å²) in [5, 5.41) is 3.52. The van der Waals surface area contributed by atoms with Gasteiger partial charge in [-0.2, -0.15) is 0 Å². The maximum absolute atomic E-state index is 5.30. The van der Waals surface area contributed by atoms with Crippen LogP contribution in [0.25, 0.3) is 0 Å². The van der Waals surface area contributed by atoms with Gasteiger partial charge in [-0.3, -0.25) is 0 Å². The summed E-state index contributed by atoms with van der Waals surface area (Å²) in [5.41, 5.74) is 1.37. The van der Waals surface area contributed by atoms with Crippen LogP contribution in [0, 0.1) is 5.92 Å². The first-order valence-electron chi connectivity index (χ1n) is 8.22. The monoisotopic (exact) mass is 353 g/mol. The van der Waals surface area contributed by atoms with Crippen molar-refractivity contribution in [3.63, 3.8) is 0 Å². The van der Waals surface area contributed by atoms with Crippen molar-refractivity contribution in [2.75, 3.05) is 14.2 Å². The second-order valence-corrected chi connectivity index (χ2v) is 7.11. The molecule has 1 fully saturated rings. The molecule has 2 nitrogen and oxygen atoms in total. The number of hydrogen-bond donors (Lipinski definition) is 1. The number of likely N-dealkylation sites (N-methyl/N-ethyl adjacent to an activating group) is 1. The number of hydrogen-bond acceptors (Lipinski definition) is 2. The van der Waals surface area contributed by atoms with Gasteiger partial charge in [0.05, 0.1) is 11.6 Å². The van der Waals surface area contributed by atoms with E-state index in [1.807, 2.05) is 0 Å². The molecule has 21 heavy (non-hydrogen) atoms. The highest BCUT2D eigenvalue weighted by atomic mass is 79.9. The molecule has 0 bridgehead atoms. The molecule has 0 amide bonds. The Kier molecular flexibility index (Phi) is 7.05. The highest BCUT2D eigenvalue weighted by Crippen LogP contribution is 2.29. The standard InChI is InChI=1S/C18H28BrNO/c1-20-16(11-14-7-5-3-4-6-8-14)12-15-9-10-18(21-2)17(19)13-15/h9-10,13-14,16,20H,3-8,11-12H2,1-2H3. The number of methoxy groups -OCH3 is 1. The van der Waals surface area contributed by atoms with E-state index in [2.05, 4.69) is 46.5 Å². The normalized spacial score (nSPS) is 18.2. The molecule has 0 heterocycles. The van der Waals surface area contributed by atoms with Crippen LogP contribution in [0.15, 0.2) is 22.7 Å². The molecule has 1 N–H and O–H groups in total. The molecule has 1 unspecified atom stereocenters. The van der Waals surface area contributed by atoms with Crippen LogP contribution in [0.4, 0.5) is 0 Å². The molecule has 1 aromatic rings. The van der Waals surface area contributed by atoms with Crippen molar-refractivity contribution in [1.29, 1.82) is 0 Å². The first-order chi connectivity index (χ1) is 10.2. The molecule has 2 rings (SSSR count). The van der Waals surface area contributed by atoms with E-state index in [-0.39, 0.29) is 0 Å². The van der Waals surface area contributed by atoms with Crippen LogP contribution < -0.4 is 10.1 Å². The molecule has 0 spiro atoms. The predicted molar refractivity (Wildman–Crippen MR) is 93.1 cm³/mol. The third-order valence-electron chi connectivity index (χ3n) is 4.70. The van der Waals surface area contributed by atoms with Gasteiger partial charge in [0.15, 0.2) is 0 Å². The van der Waals surface area contributed by atoms with Gasteiger partial charge in [0, 0.05) is 6.04 Å². The minimum atomic E-state index is 0.577. The molecule has 1 aliphatic rings. The number of nitrogens with one attached hydrogen (secondary N) is 1. The maximum Gasteiger partial charge on any atom is 0.133 e. The van der Waals surface area contributed by atoms with E-state index in [0.717, 1.165) is 22.6 Å². The SMILES string of the molecule is CNC(Cc1ccc(OC)c(Br)c1)CC1CCCCCC1. The van der Waals surface area contributed by atoms with Gasteiger partial charge in [-0.15, -0.1) is 0 Å². The zero-order chi connectivity index (χ0) is 15.1. The largest absolute Gasteiger partial charge is 0.496 e. The van der Waals surface area contributed by atoms with E-state index in [9.17, 15) is 0 Å². The maximum atomic E-state index is 5.30. The molecule has 1 aliphatic carbocycles. The Morgan fingerprint density at radius 2 is 1.95 bits per heavy atom. The van der Waals surface area contributed by atoms with Crippen molar-refractivity contribution in [3.05, 3.63) is 28.2 Å². The van der Waals surface area contributed by atoms with Gasteiger partial charge in [0.1, 0.15) is 5.75 Å². The quantitative estimate of drug-likeness (QED) is 0.730. The second-order valence-electron chi connectivity index (χ2n) is 6.25. The fraction of sp³-hybridized carbons (Fsp3) is 0.667. The Morgan fingerprint density at radius 3 is 2.52 bits per heavy atom. The van der Waals surface area contributed by atoms with Crippen LogP contribution >= 0.6 is 15.9 Å². The van der Waals surface area contributed by atoms with Crippen LogP contribution in [-0.2, 0) is 6.42 Å². The van der Waals surface area contributed by atoms with Gasteiger partial charge in [0.2, 0.25) is 0 Å². The van der Waals surface area contributed by atoms with Crippen molar-refractivity contribution < 1.29 is 4.74 Å². The third kappa shape index (κ3) is 5.30. The molecule has 1 atom stereocenters. The fourth-order valence-electron chi connectivity index (χ4n) is 3.43. The fourth-order valence-corrected chi connectivity index (χ4v) is 4.01. The van der Waals surface area contributed by atoms with Gasteiger partial charge in [-0.1, -0.05) is 44.6 Å². The summed E-state index contributed by atoms with van der Waals surface area (Å²) in [4.78, 5) is 0. The van der Waals surface area contributed by atoms with Crippen LogP contribution in [-0.4, -0.2) is 20.2 Å². The second kappa shape index (κ2) is 8.79. The summed E-state index contributed by atoms with van der Waals surface area (Å²) in [5.74, 6) is 1.81. The molecule has 0 radical (unpaired) electrons. The van der Waals surface area contributed by atoms with Crippen LogP contribution in [0.1, 0.15) is 50.5 Å². The highest BCUT2D eigenvalue weighted by Gasteiger charge is 2.17. The summed E-state index contributed by atoms with van der Waals surface area (Å²) < 4.78 is 6.35. The Morgan fingerprint density at radius 1 is 1.24 bits per heavy atom. The third-order valence-corrected chi connectivity index (χ3v) is 5.32. The predicted octanol–water partition coefficient (Wildman–Crippen LogP) is 4.95. The summed E-state index contributed by atoms with van der Waals surface area (Å²) in [7, 11) is 3.81. The van der Waals surface area contributed by atoms with Crippen LogP contribution in [0.3, 0.4) is 0 Å². The van der Waals surface area contributed by atoms with E-state index >= 15 is 0 Å². The van der Waals surface area contributed by atoms with E-state index in [4.69, 9.17) is 4.74 Å². The topological polar surface area (TPSA) is 21.3 Å². The number of benzene rings is 1. The number of halogens is 1. The molecule has 1 saturated carbocycles. The average molecular weight is 354 g/mol. The van der Waals surface area contributed by atoms with E-state index in [1.165, 1.54) is 50.5 Å². The molecule has 0 saturated heterocycles. The van der Waals surface area contributed by atoms with E-state index in [1.54, 1.807) is 7.11 Å². The zero-order valence-electron chi connectivity index (χ0n) is 13.3. The molecule has 118 valence electrons. The first-order valence-corrected chi connectivity index (χ1v) is 9.02. The molecular weight excluding hydrogens is 326 g/mol. The van der Waals surface area contributed by atoms with E-state index < -0.39 is 0 Å². The molecular formula is C18H28BrNO. The minimum Gasteiger partial charge on any atom is -0.496 e. The molecule has 0 aromatic heterocycles. The van der Waals surface area contributed by atoms with Gasteiger partial charge in [-0.05, 0) is 59.4 Å². The molecule has 1 aromatic carbocycles. The van der Waals surface area contributed by atoms with Gasteiger partial charge >= 0.3 is 0 Å². The van der Waals surface area contributed by atoms with Gasteiger partial charge in [0.25, 0.3) is 0 Å². The lowest BCUT2D eigenvalue weighted by molar-refractivity contribution is 0.361. The first kappa shape index (κ1) is 16.8. The van der Waals surface area contributed by atoms with Gasteiger partial charge < -0.3 is 10.1 Å². The Labute approximate surface area is 137 Å². The summed E-state index contributed by atoms with van der Waals surface area (Å²) in [6, 6.07) is 7.00. The minimum absolute atomic E-state index is 0.577. The van der Waals surface area contributed by atoms with Crippen molar-refractivity contribution in [2.24, 2.45) is 5.92 Å². The highest BCUT2D eigenvalue weighted by molar-refractivity contribution is 9.10. The Hall–Kier alpha value is -0.540.